The van der Waals surface area contributed by atoms with Gasteiger partial charge in [-0.15, -0.1) is 0 Å². The van der Waals surface area contributed by atoms with Gasteiger partial charge in [-0.05, 0) is 38.1 Å². The minimum absolute atomic E-state index is 0.137. The summed E-state index contributed by atoms with van der Waals surface area (Å²) in [6.45, 7) is 3.32. The van der Waals surface area contributed by atoms with Crippen LogP contribution in [0.15, 0.2) is 50.8 Å². The number of furan rings is 1. The van der Waals surface area contributed by atoms with Crippen LogP contribution in [0, 0.1) is 13.8 Å². The Labute approximate surface area is 141 Å². The van der Waals surface area contributed by atoms with Crippen molar-refractivity contribution < 1.29 is 17.6 Å². The van der Waals surface area contributed by atoms with Crippen molar-refractivity contribution in [3.8, 4) is 0 Å². The van der Waals surface area contributed by atoms with Gasteiger partial charge in [0.2, 0.25) is 10.0 Å². The monoisotopic (exact) mass is 349 g/mol. The van der Waals surface area contributed by atoms with Gasteiger partial charge in [0.15, 0.2) is 0 Å². The molecule has 24 heavy (non-hydrogen) atoms. The molecule has 1 N–H and O–H groups in total. The highest BCUT2D eigenvalue weighted by Gasteiger charge is 2.22. The number of likely N-dealkylation sites (N-methyl/N-ethyl adjacent to an activating group) is 1. The maximum atomic E-state index is 12.4. The second kappa shape index (κ2) is 7.41. The summed E-state index contributed by atoms with van der Waals surface area (Å²) in [6, 6.07) is 9.91. The average molecular weight is 349 g/mol. The van der Waals surface area contributed by atoms with Crippen molar-refractivity contribution >= 4 is 22.1 Å². The molecule has 128 valence electrons. The van der Waals surface area contributed by atoms with Gasteiger partial charge in [-0.1, -0.05) is 17.7 Å². The molecule has 1 aromatic heterocycles. The van der Waals surface area contributed by atoms with Crippen LogP contribution in [-0.2, 0) is 14.8 Å². The number of nitrogens with zero attached hydrogens (tertiary/aromatic N) is 2. The molecule has 1 aromatic carbocycles. The minimum atomic E-state index is -3.72. The second-order valence-electron chi connectivity index (χ2n) is 5.32. The number of hydrazone groups is 1. The van der Waals surface area contributed by atoms with Crippen LogP contribution < -0.4 is 5.43 Å². The smallest absolute Gasteiger partial charge is 0.255 e. The molecule has 0 saturated heterocycles. The van der Waals surface area contributed by atoms with Crippen molar-refractivity contribution in [2.45, 2.75) is 18.7 Å². The normalized spacial score (nSPS) is 12.0. The first-order valence-corrected chi connectivity index (χ1v) is 8.64. The Morgan fingerprint density at radius 1 is 1.21 bits per heavy atom. The zero-order valence-electron chi connectivity index (χ0n) is 13.7. The number of aryl methyl sites for hydroxylation is 2. The van der Waals surface area contributed by atoms with Crippen molar-refractivity contribution in [1.82, 2.24) is 9.73 Å². The summed E-state index contributed by atoms with van der Waals surface area (Å²) in [6.07, 6.45) is 1.35. The van der Waals surface area contributed by atoms with E-state index in [-0.39, 0.29) is 11.4 Å². The van der Waals surface area contributed by atoms with E-state index in [0.717, 1.165) is 15.6 Å². The minimum Gasteiger partial charge on any atom is -0.460 e. The second-order valence-corrected chi connectivity index (χ2v) is 7.36. The molecule has 0 atom stereocenters. The number of sulfonamides is 1. The third-order valence-electron chi connectivity index (χ3n) is 3.24. The number of rotatable bonds is 6. The lowest BCUT2D eigenvalue weighted by atomic mass is 10.2. The highest BCUT2D eigenvalue weighted by molar-refractivity contribution is 7.89. The predicted molar refractivity (Wildman–Crippen MR) is 90.2 cm³/mol. The zero-order valence-corrected chi connectivity index (χ0v) is 14.5. The highest BCUT2D eigenvalue weighted by Crippen LogP contribution is 2.14. The molecule has 2 rings (SSSR count). The third-order valence-corrected chi connectivity index (χ3v) is 5.06. The molecule has 8 heteroatoms. The van der Waals surface area contributed by atoms with E-state index in [9.17, 15) is 13.2 Å². The summed E-state index contributed by atoms with van der Waals surface area (Å²) in [5.41, 5.74) is 3.22. The average Bonchev–Trinajstić information content (AvgIpc) is 2.93. The van der Waals surface area contributed by atoms with Gasteiger partial charge >= 0.3 is 0 Å². The first-order valence-electron chi connectivity index (χ1n) is 7.20. The van der Waals surface area contributed by atoms with Crippen molar-refractivity contribution in [2.24, 2.45) is 5.10 Å². The number of carbonyl (C=O) groups is 1. The van der Waals surface area contributed by atoms with Crippen LogP contribution in [0.3, 0.4) is 0 Å². The molecule has 0 bridgehead atoms. The zero-order chi connectivity index (χ0) is 17.7. The van der Waals surface area contributed by atoms with Crippen LogP contribution in [0.4, 0.5) is 0 Å². The molecule has 0 aliphatic heterocycles. The van der Waals surface area contributed by atoms with E-state index >= 15 is 0 Å². The fraction of sp³-hybridized carbons (Fsp3) is 0.250. The van der Waals surface area contributed by atoms with Gasteiger partial charge in [-0.25, -0.2) is 13.8 Å². The predicted octanol–water partition coefficient (Wildman–Crippen LogP) is 1.67. The molecule has 0 fully saturated rings. The Morgan fingerprint density at radius 2 is 1.88 bits per heavy atom. The number of amides is 1. The van der Waals surface area contributed by atoms with Gasteiger partial charge in [0.25, 0.3) is 5.91 Å². The van der Waals surface area contributed by atoms with Crippen LogP contribution in [0.2, 0.25) is 0 Å². The topological polar surface area (TPSA) is 92.0 Å². The molecule has 0 saturated carbocycles. The fourth-order valence-electron chi connectivity index (χ4n) is 1.90. The molecule has 0 spiro atoms. The van der Waals surface area contributed by atoms with Crippen molar-refractivity contribution in [3.05, 3.63) is 53.5 Å². The summed E-state index contributed by atoms with van der Waals surface area (Å²) in [7, 11) is -2.38. The van der Waals surface area contributed by atoms with E-state index in [2.05, 4.69) is 10.5 Å². The molecule has 0 aliphatic rings. The lowest BCUT2D eigenvalue weighted by Gasteiger charge is -2.16. The Balaban J connectivity index is 1.95. The first kappa shape index (κ1) is 17.9. The Kier molecular flexibility index (Phi) is 5.53. The van der Waals surface area contributed by atoms with E-state index in [4.69, 9.17) is 4.42 Å². The molecule has 1 heterocycles. The highest BCUT2D eigenvalue weighted by atomic mass is 32.2. The molecular formula is C16H19N3O4S. The summed E-state index contributed by atoms with van der Waals surface area (Å²) >= 11 is 0. The van der Waals surface area contributed by atoms with E-state index in [1.807, 2.05) is 6.92 Å². The lowest BCUT2D eigenvalue weighted by molar-refractivity contribution is -0.121. The summed E-state index contributed by atoms with van der Waals surface area (Å²) < 4.78 is 31.0. The first-order chi connectivity index (χ1) is 11.3. The van der Waals surface area contributed by atoms with Crippen molar-refractivity contribution in [1.29, 1.82) is 0 Å². The van der Waals surface area contributed by atoms with Crippen LogP contribution in [0.5, 0.6) is 0 Å². The summed E-state index contributed by atoms with van der Waals surface area (Å²) in [5, 5.41) is 3.73. The number of nitrogens with one attached hydrogen (secondary N) is 1. The number of carbonyl (C=O) groups excluding carboxylic acids is 1. The maximum Gasteiger partial charge on any atom is 0.255 e. The quantitative estimate of drug-likeness (QED) is 0.634. The number of hydrogen-bond donors (Lipinski definition) is 1. The summed E-state index contributed by atoms with van der Waals surface area (Å²) in [5.74, 6) is 0.674. The largest absolute Gasteiger partial charge is 0.460 e. The SMILES string of the molecule is Cc1ccc(S(=O)(=O)N(C)CC(=O)N/N=C\c2ccc(C)o2)cc1. The van der Waals surface area contributed by atoms with E-state index in [0.29, 0.717) is 5.76 Å². The maximum absolute atomic E-state index is 12.4. The summed E-state index contributed by atoms with van der Waals surface area (Å²) in [4.78, 5) is 12.0. The molecule has 0 aliphatic carbocycles. The van der Waals surface area contributed by atoms with Gasteiger partial charge in [-0.3, -0.25) is 4.79 Å². The van der Waals surface area contributed by atoms with Gasteiger partial charge in [-0.2, -0.15) is 9.41 Å². The Hall–Kier alpha value is -2.45. The van der Waals surface area contributed by atoms with Crippen LogP contribution in [0.1, 0.15) is 17.1 Å². The van der Waals surface area contributed by atoms with Crippen molar-refractivity contribution in [3.63, 3.8) is 0 Å². The molecule has 0 unspecified atom stereocenters. The molecule has 2 aromatic rings. The Bertz CT molecular complexity index is 838. The number of benzene rings is 1. The van der Waals surface area contributed by atoms with Gasteiger partial charge in [0, 0.05) is 7.05 Å². The van der Waals surface area contributed by atoms with E-state index in [1.54, 1.807) is 31.2 Å². The molecule has 1 amide bonds. The van der Waals surface area contributed by atoms with Gasteiger partial charge in [0.05, 0.1) is 17.7 Å². The van der Waals surface area contributed by atoms with Gasteiger partial charge < -0.3 is 4.42 Å². The van der Waals surface area contributed by atoms with Gasteiger partial charge in [0.1, 0.15) is 11.5 Å². The fourth-order valence-corrected chi connectivity index (χ4v) is 3.03. The van der Waals surface area contributed by atoms with Crippen LogP contribution in [-0.4, -0.2) is 38.4 Å². The van der Waals surface area contributed by atoms with E-state index < -0.39 is 15.9 Å². The van der Waals surface area contributed by atoms with Crippen LogP contribution in [0.25, 0.3) is 0 Å². The standard InChI is InChI=1S/C16H19N3O4S/c1-12-4-8-15(9-5-12)24(21,22)19(3)11-16(20)18-17-10-14-7-6-13(2)23-14/h4-10H,11H2,1-3H3,(H,18,20)/b17-10-. The lowest BCUT2D eigenvalue weighted by Crippen LogP contribution is -2.36. The third kappa shape index (κ3) is 4.53. The van der Waals surface area contributed by atoms with Crippen molar-refractivity contribution in [2.75, 3.05) is 13.6 Å². The Morgan fingerprint density at radius 3 is 2.46 bits per heavy atom. The van der Waals surface area contributed by atoms with Crippen LogP contribution >= 0.6 is 0 Å². The van der Waals surface area contributed by atoms with E-state index in [1.165, 1.54) is 25.4 Å². The molecule has 0 radical (unpaired) electrons. The number of hydrogen-bond acceptors (Lipinski definition) is 5. The molecular weight excluding hydrogens is 330 g/mol. The molecule has 7 nitrogen and oxygen atoms in total.